The second-order valence-electron chi connectivity index (χ2n) is 5.55. The molecule has 1 aliphatic heterocycles. The number of nitrogens with two attached hydrogens (primary N) is 1. The number of hydrogen-bond acceptors (Lipinski definition) is 4. The Hall–Kier alpha value is -2.14. The molecule has 0 aliphatic carbocycles. The lowest BCUT2D eigenvalue weighted by molar-refractivity contribution is 0.0776. The normalized spacial score (nSPS) is 21.7. The molecule has 0 bridgehead atoms. The van der Waals surface area contributed by atoms with Gasteiger partial charge in [-0.25, -0.2) is 0 Å². The summed E-state index contributed by atoms with van der Waals surface area (Å²) in [6, 6.07) is 11.9. The maximum atomic E-state index is 12.5. The zero-order valence-corrected chi connectivity index (χ0v) is 12.0. The number of nitrogens with zero attached hydrogens (tertiary/aromatic N) is 2. The van der Waals surface area contributed by atoms with Crippen molar-refractivity contribution < 1.29 is 9.32 Å². The van der Waals surface area contributed by atoms with Crippen molar-refractivity contribution in [3.8, 4) is 0 Å². The van der Waals surface area contributed by atoms with Crippen LogP contribution in [0.15, 0.2) is 40.9 Å². The molecule has 1 amide bonds. The molecule has 0 saturated carbocycles. The summed E-state index contributed by atoms with van der Waals surface area (Å²) < 4.78 is 4.99. The summed E-state index contributed by atoms with van der Waals surface area (Å²) in [5.74, 6) is 1.13. The standard InChI is InChI=1S/C16H19N3O2/c1-11-7-15(18-21-11)16(20)19-9-13(8-17)14(10-19)12-5-3-2-4-6-12/h2-7,13-14H,8-10,17H2,1H3/t13-,14+/m1/s1. The summed E-state index contributed by atoms with van der Waals surface area (Å²) in [7, 11) is 0. The monoisotopic (exact) mass is 285 g/mol. The number of likely N-dealkylation sites (tertiary alicyclic amines) is 1. The summed E-state index contributed by atoms with van der Waals surface area (Å²) in [5, 5.41) is 3.81. The maximum absolute atomic E-state index is 12.5. The highest BCUT2D eigenvalue weighted by atomic mass is 16.5. The fourth-order valence-electron chi connectivity index (χ4n) is 2.98. The third kappa shape index (κ3) is 2.69. The molecule has 2 aromatic rings. The van der Waals surface area contributed by atoms with Gasteiger partial charge in [-0.15, -0.1) is 0 Å². The number of benzene rings is 1. The number of hydrogen-bond donors (Lipinski definition) is 1. The Morgan fingerprint density at radius 3 is 2.76 bits per heavy atom. The maximum Gasteiger partial charge on any atom is 0.276 e. The highest BCUT2D eigenvalue weighted by molar-refractivity contribution is 5.92. The van der Waals surface area contributed by atoms with Crippen molar-refractivity contribution in [2.75, 3.05) is 19.6 Å². The molecule has 2 atom stereocenters. The van der Waals surface area contributed by atoms with Gasteiger partial charge in [0.2, 0.25) is 0 Å². The second kappa shape index (κ2) is 5.69. The number of carbonyl (C=O) groups is 1. The van der Waals surface area contributed by atoms with Gasteiger partial charge < -0.3 is 15.2 Å². The van der Waals surface area contributed by atoms with Crippen LogP contribution in [0.3, 0.4) is 0 Å². The van der Waals surface area contributed by atoms with Crippen LogP contribution in [0.2, 0.25) is 0 Å². The molecule has 5 heteroatoms. The van der Waals surface area contributed by atoms with Crippen molar-refractivity contribution >= 4 is 5.91 Å². The van der Waals surface area contributed by atoms with E-state index < -0.39 is 0 Å². The molecular weight excluding hydrogens is 266 g/mol. The Balaban J connectivity index is 1.79. The van der Waals surface area contributed by atoms with E-state index in [0.29, 0.717) is 31.1 Å². The molecule has 2 N–H and O–H groups in total. The lowest BCUT2D eigenvalue weighted by Crippen LogP contribution is -2.30. The van der Waals surface area contributed by atoms with E-state index in [1.54, 1.807) is 13.0 Å². The van der Waals surface area contributed by atoms with Gasteiger partial charge in [-0.2, -0.15) is 0 Å². The Labute approximate surface area is 123 Å². The molecule has 2 heterocycles. The highest BCUT2D eigenvalue weighted by Crippen LogP contribution is 2.32. The van der Waals surface area contributed by atoms with Crippen molar-refractivity contribution in [2.24, 2.45) is 11.7 Å². The highest BCUT2D eigenvalue weighted by Gasteiger charge is 2.36. The summed E-state index contributed by atoms with van der Waals surface area (Å²) in [6.07, 6.45) is 0. The average molecular weight is 285 g/mol. The zero-order chi connectivity index (χ0) is 14.8. The molecule has 1 aromatic heterocycles. The second-order valence-corrected chi connectivity index (χ2v) is 5.55. The van der Waals surface area contributed by atoms with Gasteiger partial charge in [-0.3, -0.25) is 4.79 Å². The zero-order valence-electron chi connectivity index (χ0n) is 12.0. The van der Waals surface area contributed by atoms with E-state index in [-0.39, 0.29) is 17.7 Å². The summed E-state index contributed by atoms with van der Waals surface area (Å²) in [4.78, 5) is 14.3. The van der Waals surface area contributed by atoms with Gasteiger partial charge in [0.1, 0.15) is 5.76 Å². The molecule has 1 fully saturated rings. The van der Waals surface area contributed by atoms with Crippen LogP contribution in [0.1, 0.15) is 27.7 Å². The Morgan fingerprint density at radius 1 is 1.38 bits per heavy atom. The Morgan fingerprint density at radius 2 is 2.14 bits per heavy atom. The van der Waals surface area contributed by atoms with E-state index in [0.717, 1.165) is 0 Å². The third-order valence-electron chi connectivity index (χ3n) is 4.11. The van der Waals surface area contributed by atoms with Gasteiger partial charge in [0, 0.05) is 25.1 Å². The van der Waals surface area contributed by atoms with Gasteiger partial charge >= 0.3 is 0 Å². The molecule has 1 aliphatic rings. The minimum atomic E-state index is -0.0799. The predicted octanol–water partition coefficient (Wildman–Crippen LogP) is 1.80. The molecule has 0 spiro atoms. The van der Waals surface area contributed by atoms with Crippen LogP contribution in [-0.4, -0.2) is 35.6 Å². The molecule has 0 unspecified atom stereocenters. The van der Waals surface area contributed by atoms with Gasteiger partial charge in [0.05, 0.1) is 0 Å². The first-order valence-electron chi connectivity index (χ1n) is 7.16. The van der Waals surface area contributed by atoms with Crippen LogP contribution in [0.4, 0.5) is 0 Å². The number of aromatic nitrogens is 1. The molecule has 0 radical (unpaired) electrons. The van der Waals surface area contributed by atoms with Gasteiger partial charge in [-0.1, -0.05) is 35.5 Å². The van der Waals surface area contributed by atoms with E-state index in [2.05, 4.69) is 17.3 Å². The SMILES string of the molecule is Cc1cc(C(=O)N2C[C@@H](CN)[C@H](c3ccccc3)C2)no1. The molecular formula is C16H19N3O2. The van der Waals surface area contributed by atoms with Crippen molar-refractivity contribution in [1.82, 2.24) is 10.1 Å². The van der Waals surface area contributed by atoms with Crippen LogP contribution in [-0.2, 0) is 0 Å². The van der Waals surface area contributed by atoms with Crippen LogP contribution in [0, 0.1) is 12.8 Å². The fourth-order valence-corrected chi connectivity index (χ4v) is 2.98. The largest absolute Gasteiger partial charge is 0.361 e. The van der Waals surface area contributed by atoms with Crippen LogP contribution in [0.5, 0.6) is 0 Å². The smallest absolute Gasteiger partial charge is 0.276 e. The van der Waals surface area contributed by atoms with Crippen LogP contribution in [0.25, 0.3) is 0 Å². The van der Waals surface area contributed by atoms with E-state index in [9.17, 15) is 4.79 Å². The van der Waals surface area contributed by atoms with Crippen molar-refractivity contribution in [1.29, 1.82) is 0 Å². The van der Waals surface area contributed by atoms with Crippen molar-refractivity contribution in [2.45, 2.75) is 12.8 Å². The summed E-state index contributed by atoms with van der Waals surface area (Å²) in [6.45, 7) is 3.70. The molecule has 1 aromatic carbocycles. The van der Waals surface area contributed by atoms with E-state index in [1.165, 1.54) is 5.56 Å². The summed E-state index contributed by atoms with van der Waals surface area (Å²) >= 11 is 0. The lowest BCUT2D eigenvalue weighted by atomic mass is 9.89. The van der Waals surface area contributed by atoms with Crippen LogP contribution < -0.4 is 5.73 Å². The van der Waals surface area contributed by atoms with Crippen LogP contribution >= 0.6 is 0 Å². The first-order valence-corrected chi connectivity index (χ1v) is 7.16. The third-order valence-corrected chi connectivity index (χ3v) is 4.11. The molecule has 3 rings (SSSR count). The first-order chi connectivity index (χ1) is 10.2. The van der Waals surface area contributed by atoms with E-state index in [4.69, 9.17) is 10.3 Å². The van der Waals surface area contributed by atoms with Gasteiger partial charge in [-0.05, 0) is 24.9 Å². The first kappa shape index (κ1) is 13.8. The Bertz CT molecular complexity index is 623. The van der Waals surface area contributed by atoms with E-state index >= 15 is 0 Å². The average Bonchev–Trinajstić information content (AvgIpc) is 3.13. The van der Waals surface area contributed by atoms with E-state index in [1.807, 2.05) is 23.1 Å². The number of rotatable bonds is 3. The minimum absolute atomic E-state index is 0.0799. The van der Waals surface area contributed by atoms with Crippen molar-refractivity contribution in [3.63, 3.8) is 0 Å². The number of aryl methyl sites for hydroxylation is 1. The topological polar surface area (TPSA) is 72.4 Å². The molecule has 5 nitrogen and oxygen atoms in total. The van der Waals surface area contributed by atoms with Gasteiger partial charge in [0.25, 0.3) is 5.91 Å². The molecule has 21 heavy (non-hydrogen) atoms. The molecule has 110 valence electrons. The lowest BCUT2D eigenvalue weighted by Gasteiger charge is -2.16. The van der Waals surface area contributed by atoms with Gasteiger partial charge in [0.15, 0.2) is 5.69 Å². The number of carbonyl (C=O) groups excluding carboxylic acids is 1. The number of amides is 1. The molecule has 1 saturated heterocycles. The quantitative estimate of drug-likeness (QED) is 0.933. The summed E-state index contributed by atoms with van der Waals surface area (Å²) in [5.41, 5.74) is 7.50. The Kier molecular flexibility index (Phi) is 3.75. The fraction of sp³-hybridized carbons (Fsp3) is 0.375. The minimum Gasteiger partial charge on any atom is -0.361 e. The van der Waals surface area contributed by atoms with Crippen molar-refractivity contribution in [3.05, 3.63) is 53.4 Å². The predicted molar refractivity (Wildman–Crippen MR) is 78.9 cm³/mol.